The SMILES string of the molecule is Cc1ccc(Cn2cc(CNC(=O)c3ccc(Br)c([N+](=O)[O-])c3)nn2)cc1. The first-order chi connectivity index (χ1) is 12.9. The molecule has 0 aliphatic carbocycles. The molecular formula is C18H16BrN5O3. The van der Waals surface area contributed by atoms with Crippen LogP contribution in [0.2, 0.25) is 0 Å². The molecular weight excluding hydrogens is 414 g/mol. The van der Waals surface area contributed by atoms with E-state index in [9.17, 15) is 14.9 Å². The molecule has 0 spiro atoms. The Kier molecular flexibility index (Phi) is 5.60. The molecule has 0 radical (unpaired) electrons. The zero-order valence-electron chi connectivity index (χ0n) is 14.4. The van der Waals surface area contributed by atoms with Gasteiger partial charge in [-0.25, -0.2) is 4.68 Å². The van der Waals surface area contributed by atoms with E-state index in [1.54, 1.807) is 10.9 Å². The Hall–Kier alpha value is -3.07. The summed E-state index contributed by atoms with van der Waals surface area (Å²) in [5, 5.41) is 21.8. The van der Waals surface area contributed by atoms with Crippen LogP contribution < -0.4 is 5.32 Å². The normalized spacial score (nSPS) is 10.6. The van der Waals surface area contributed by atoms with Crippen LogP contribution in [0.25, 0.3) is 0 Å². The third-order valence-corrected chi connectivity index (χ3v) is 4.56. The Morgan fingerprint density at radius 1 is 1.26 bits per heavy atom. The lowest BCUT2D eigenvalue weighted by molar-refractivity contribution is -0.385. The second-order valence-electron chi connectivity index (χ2n) is 6.00. The molecule has 0 saturated carbocycles. The summed E-state index contributed by atoms with van der Waals surface area (Å²) < 4.78 is 2.01. The standard InChI is InChI=1S/C18H16BrN5O3/c1-12-2-4-13(5-3-12)10-23-11-15(21-22-23)9-20-18(25)14-6-7-16(19)17(8-14)24(26)27/h2-8,11H,9-10H2,1H3,(H,20,25). The minimum absolute atomic E-state index is 0.160. The fraction of sp³-hybridized carbons (Fsp3) is 0.167. The molecule has 0 bridgehead atoms. The van der Waals surface area contributed by atoms with Crippen LogP contribution in [0.15, 0.2) is 53.1 Å². The predicted octanol–water partition coefficient (Wildman–Crippen LogP) is 3.24. The number of nitrogens with one attached hydrogen (secondary N) is 1. The Balaban J connectivity index is 1.61. The van der Waals surface area contributed by atoms with E-state index in [-0.39, 0.29) is 17.8 Å². The van der Waals surface area contributed by atoms with Gasteiger partial charge in [0.15, 0.2) is 0 Å². The van der Waals surface area contributed by atoms with Gasteiger partial charge in [-0.3, -0.25) is 14.9 Å². The van der Waals surface area contributed by atoms with Crippen molar-refractivity contribution >= 4 is 27.5 Å². The van der Waals surface area contributed by atoms with Crippen molar-refractivity contribution in [3.05, 3.63) is 85.6 Å². The van der Waals surface area contributed by atoms with Crippen molar-refractivity contribution in [1.29, 1.82) is 0 Å². The maximum absolute atomic E-state index is 12.2. The summed E-state index contributed by atoms with van der Waals surface area (Å²) in [6.07, 6.45) is 1.75. The lowest BCUT2D eigenvalue weighted by Gasteiger charge is -2.04. The van der Waals surface area contributed by atoms with Crippen molar-refractivity contribution < 1.29 is 9.72 Å². The van der Waals surface area contributed by atoms with Gasteiger partial charge in [0.1, 0.15) is 5.69 Å². The molecule has 3 aromatic rings. The number of hydrogen-bond donors (Lipinski definition) is 1. The van der Waals surface area contributed by atoms with Crippen LogP contribution in [0.3, 0.4) is 0 Å². The van der Waals surface area contributed by atoms with Gasteiger partial charge in [0.25, 0.3) is 11.6 Å². The molecule has 1 heterocycles. The number of benzene rings is 2. The van der Waals surface area contributed by atoms with E-state index in [0.717, 1.165) is 5.56 Å². The maximum Gasteiger partial charge on any atom is 0.284 e. The fourth-order valence-corrected chi connectivity index (χ4v) is 2.84. The summed E-state index contributed by atoms with van der Waals surface area (Å²) in [5.74, 6) is -0.418. The van der Waals surface area contributed by atoms with Gasteiger partial charge in [-0.15, -0.1) is 5.10 Å². The van der Waals surface area contributed by atoms with E-state index < -0.39 is 10.8 Å². The van der Waals surface area contributed by atoms with Crippen molar-refractivity contribution in [1.82, 2.24) is 20.3 Å². The van der Waals surface area contributed by atoms with E-state index >= 15 is 0 Å². The average Bonchev–Trinajstić information content (AvgIpc) is 3.09. The number of nitrogens with zero attached hydrogens (tertiary/aromatic N) is 4. The van der Waals surface area contributed by atoms with Crippen LogP contribution in [-0.2, 0) is 13.1 Å². The number of nitro groups is 1. The summed E-state index contributed by atoms with van der Waals surface area (Å²) in [7, 11) is 0. The Labute approximate surface area is 163 Å². The van der Waals surface area contributed by atoms with Gasteiger partial charge in [0.05, 0.1) is 28.7 Å². The Morgan fingerprint density at radius 2 is 2.00 bits per heavy atom. The van der Waals surface area contributed by atoms with Crippen molar-refractivity contribution in [2.24, 2.45) is 0 Å². The number of nitro benzene ring substituents is 1. The van der Waals surface area contributed by atoms with Gasteiger partial charge in [0.2, 0.25) is 0 Å². The number of aryl methyl sites for hydroxylation is 1. The van der Waals surface area contributed by atoms with Gasteiger partial charge in [0, 0.05) is 11.6 Å². The molecule has 0 unspecified atom stereocenters. The molecule has 0 saturated heterocycles. The maximum atomic E-state index is 12.2. The number of carbonyl (C=O) groups is 1. The number of hydrogen-bond acceptors (Lipinski definition) is 5. The Morgan fingerprint density at radius 3 is 2.70 bits per heavy atom. The van der Waals surface area contributed by atoms with E-state index in [0.29, 0.717) is 16.7 Å². The summed E-state index contributed by atoms with van der Waals surface area (Å²) in [5.41, 5.74) is 2.93. The first-order valence-corrected chi connectivity index (χ1v) is 8.88. The van der Waals surface area contributed by atoms with Crippen molar-refractivity contribution in [3.63, 3.8) is 0 Å². The number of amides is 1. The van der Waals surface area contributed by atoms with Crippen LogP contribution in [0, 0.1) is 17.0 Å². The van der Waals surface area contributed by atoms with Crippen LogP contribution in [0.4, 0.5) is 5.69 Å². The zero-order valence-corrected chi connectivity index (χ0v) is 16.0. The highest BCUT2D eigenvalue weighted by Crippen LogP contribution is 2.25. The second-order valence-corrected chi connectivity index (χ2v) is 6.85. The highest BCUT2D eigenvalue weighted by molar-refractivity contribution is 9.10. The van der Waals surface area contributed by atoms with Gasteiger partial charge in [-0.2, -0.15) is 0 Å². The van der Waals surface area contributed by atoms with Crippen LogP contribution in [0.1, 0.15) is 27.2 Å². The number of aromatic nitrogens is 3. The smallest absolute Gasteiger partial charge is 0.284 e. The topological polar surface area (TPSA) is 103 Å². The third-order valence-electron chi connectivity index (χ3n) is 3.89. The van der Waals surface area contributed by atoms with E-state index in [2.05, 4.69) is 31.6 Å². The van der Waals surface area contributed by atoms with Gasteiger partial charge >= 0.3 is 0 Å². The minimum Gasteiger partial charge on any atom is -0.346 e. The summed E-state index contributed by atoms with van der Waals surface area (Å²) in [6, 6.07) is 12.3. The lowest BCUT2D eigenvalue weighted by Crippen LogP contribution is -2.23. The molecule has 27 heavy (non-hydrogen) atoms. The summed E-state index contributed by atoms with van der Waals surface area (Å²) >= 11 is 3.10. The fourth-order valence-electron chi connectivity index (χ4n) is 2.44. The molecule has 1 amide bonds. The van der Waals surface area contributed by atoms with E-state index in [1.807, 2.05) is 31.2 Å². The molecule has 9 heteroatoms. The first-order valence-electron chi connectivity index (χ1n) is 8.09. The predicted molar refractivity (Wildman–Crippen MR) is 102 cm³/mol. The summed E-state index contributed by atoms with van der Waals surface area (Å²) in [6.45, 7) is 2.79. The summed E-state index contributed by atoms with van der Waals surface area (Å²) in [4.78, 5) is 22.7. The molecule has 0 atom stereocenters. The van der Waals surface area contributed by atoms with Crippen LogP contribution in [-0.4, -0.2) is 25.8 Å². The third kappa shape index (κ3) is 4.76. The van der Waals surface area contributed by atoms with Gasteiger partial charge in [-0.1, -0.05) is 35.0 Å². The quantitative estimate of drug-likeness (QED) is 0.478. The Bertz CT molecular complexity index is 985. The zero-order chi connectivity index (χ0) is 19.4. The van der Waals surface area contributed by atoms with E-state index in [1.165, 1.54) is 23.8 Å². The highest BCUT2D eigenvalue weighted by Gasteiger charge is 2.16. The molecule has 0 aliphatic rings. The lowest BCUT2D eigenvalue weighted by atomic mass is 10.1. The molecule has 8 nitrogen and oxygen atoms in total. The molecule has 0 fully saturated rings. The van der Waals surface area contributed by atoms with Crippen LogP contribution in [0.5, 0.6) is 0 Å². The van der Waals surface area contributed by atoms with Crippen molar-refractivity contribution in [2.45, 2.75) is 20.0 Å². The van der Waals surface area contributed by atoms with Gasteiger partial charge < -0.3 is 5.32 Å². The van der Waals surface area contributed by atoms with Crippen molar-refractivity contribution in [2.75, 3.05) is 0 Å². The molecule has 3 rings (SSSR count). The minimum atomic E-state index is -0.544. The number of carbonyl (C=O) groups excluding carboxylic acids is 1. The molecule has 2 aromatic carbocycles. The number of rotatable bonds is 6. The largest absolute Gasteiger partial charge is 0.346 e. The average molecular weight is 430 g/mol. The van der Waals surface area contributed by atoms with Gasteiger partial charge in [-0.05, 0) is 40.5 Å². The van der Waals surface area contributed by atoms with Crippen LogP contribution >= 0.6 is 15.9 Å². The molecule has 138 valence electrons. The number of halogens is 1. The monoisotopic (exact) mass is 429 g/mol. The first kappa shape index (κ1) is 18.7. The molecule has 1 aromatic heterocycles. The molecule has 0 aliphatic heterocycles. The highest BCUT2D eigenvalue weighted by atomic mass is 79.9. The van der Waals surface area contributed by atoms with Crippen molar-refractivity contribution in [3.8, 4) is 0 Å². The second kappa shape index (κ2) is 8.09. The van der Waals surface area contributed by atoms with E-state index in [4.69, 9.17) is 0 Å². The molecule has 1 N–H and O–H groups in total.